The van der Waals surface area contributed by atoms with Crippen molar-refractivity contribution in [2.24, 2.45) is 0 Å². The van der Waals surface area contributed by atoms with Crippen molar-refractivity contribution in [1.82, 2.24) is 0 Å². The van der Waals surface area contributed by atoms with Crippen molar-refractivity contribution < 1.29 is 26.2 Å². The van der Waals surface area contributed by atoms with Gasteiger partial charge in [0, 0.05) is 9.52 Å². The Morgan fingerprint density at radius 2 is 1.04 bits per heavy atom. The molecule has 0 nitrogen and oxygen atoms in total. The maximum atomic E-state index is 3.51. The number of aryl methyl sites for hydroxylation is 2. The Hall–Kier alpha value is -0.280. The van der Waals surface area contributed by atoms with Crippen molar-refractivity contribution in [2.75, 3.05) is 0 Å². The van der Waals surface area contributed by atoms with Crippen molar-refractivity contribution in [3.05, 3.63) is 95.6 Å². The molecule has 0 aliphatic rings. The monoisotopic (exact) mass is 592 g/mol. The number of halogens is 2. The third-order valence-corrected chi connectivity index (χ3v) is 5.07. The van der Waals surface area contributed by atoms with E-state index in [1.54, 1.807) is 0 Å². The summed E-state index contributed by atoms with van der Waals surface area (Å²) >= 11 is 7.02. The predicted molar refractivity (Wildman–Crippen MR) is 134 cm³/mol. The third kappa shape index (κ3) is 8.22. The molecule has 0 unspecified atom stereocenters. The molecule has 0 spiro atoms. The smallest absolute Gasteiger partial charge is 0.358 e. The first-order valence-electron chi connectivity index (χ1n) is 8.18. The summed E-state index contributed by atoms with van der Waals surface area (Å²) in [6.45, 7) is 8.54. The minimum absolute atomic E-state index is 0. The van der Waals surface area contributed by atoms with Crippen LogP contribution in [0, 0.1) is 28.7 Å². The summed E-state index contributed by atoms with van der Waals surface area (Å²) in [5.41, 5.74) is 2.65. The van der Waals surface area contributed by atoms with Crippen LogP contribution in [0.25, 0.3) is 21.5 Å². The van der Waals surface area contributed by atoms with Gasteiger partial charge < -0.3 is 14.9 Å². The average Bonchev–Trinajstić information content (AvgIpc) is 3.12. The summed E-state index contributed by atoms with van der Waals surface area (Å²) in [5, 5.41) is 5.25. The van der Waals surface area contributed by atoms with Gasteiger partial charge in [0.25, 0.3) is 0 Å². The standard InChI is InChI=1S/2C10H8Br.C2H6Si.2CH3.Zr/c2*1-7-5-8-3-2-4-10(11)9(8)6-7;1-3-2;;;/h2*2-6H,1H3;1-2H3;2*1H3;/q2*-1;;2*-1;+4. The van der Waals surface area contributed by atoms with E-state index in [9.17, 15) is 0 Å². The average molecular weight is 596 g/mol. The number of hydrogen-bond donors (Lipinski definition) is 0. The van der Waals surface area contributed by atoms with Crippen LogP contribution in [0.5, 0.6) is 0 Å². The SMILES string of the molecule is C[Si]C.Cc1cc2c(Br)cccc2[cH-]1.Cc1cc2c(Br)cccc2[cH-]1.[CH3-].[CH3-].[Zr+4]. The molecule has 0 saturated heterocycles. The molecule has 0 N–H and O–H groups in total. The van der Waals surface area contributed by atoms with Gasteiger partial charge >= 0.3 is 26.2 Å². The minimum atomic E-state index is 0. The summed E-state index contributed by atoms with van der Waals surface area (Å²) in [5.74, 6) is 0. The molecule has 4 aromatic carbocycles. The van der Waals surface area contributed by atoms with Crippen molar-refractivity contribution in [2.45, 2.75) is 26.9 Å². The van der Waals surface area contributed by atoms with Crippen LogP contribution in [0.2, 0.25) is 13.1 Å². The molecular weight excluding hydrogens is 567 g/mol. The molecule has 4 rings (SSSR count). The maximum absolute atomic E-state index is 3.51. The van der Waals surface area contributed by atoms with Gasteiger partial charge in [0.2, 0.25) is 0 Å². The van der Waals surface area contributed by atoms with E-state index >= 15 is 0 Å². The Bertz CT molecular complexity index is 876. The summed E-state index contributed by atoms with van der Waals surface area (Å²) in [4.78, 5) is 0. The van der Waals surface area contributed by atoms with Crippen LogP contribution < -0.4 is 0 Å². The van der Waals surface area contributed by atoms with Crippen LogP contribution in [-0.4, -0.2) is 9.52 Å². The summed E-state index contributed by atoms with van der Waals surface area (Å²) in [6, 6.07) is 21.3. The van der Waals surface area contributed by atoms with Gasteiger partial charge in [0.1, 0.15) is 0 Å². The van der Waals surface area contributed by atoms with Crippen molar-refractivity contribution in [3.63, 3.8) is 0 Å². The zero-order valence-corrected chi connectivity index (χ0v) is 24.2. The minimum Gasteiger partial charge on any atom is -0.358 e. The Morgan fingerprint density at radius 1 is 0.714 bits per heavy atom. The zero-order chi connectivity index (χ0) is 18.4. The van der Waals surface area contributed by atoms with Crippen LogP contribution in [0.1, 0.15) is 11.1 Å². The first-order chi connectivity index (χ1) is 12.0. The molecule has 0 aliphatic heterocycles. The first kappa shape index (κ1) is 29.9. The number of fused-ring (bicyclic) bond motifs is 2. The van der Waals surface area contributed by atoms with Crippen molar-refractivity contribution in [1.29, 1.82) is 0 Å². The second-order valence-electron chi connectivity index (χ2n) is 6.05. The van der Waals surface area contributed by atoms with E-state index in [0.29, 0.717) is 0 Å². The Balaban J connectivity index is 0. The molecule has 0 aliphatic carbocycles. The van der Waals surface area contributed by atoms with E-state index in [0.717, 1.165) is 9.52 Å². The molecule has 146 valence electrons. The van der Waals surface area contributed by atoms with Crippen LogP contribution in [0.15, 0.2) is 69.6 Å². The van der Waals surface area contributed by atoms with E-state index in [-0.39, 0.29) is 41.1 Å². The zero-order valence-electron chi connectivity index (χ0n) is 17.5. The molecule has 0 atom stereocenters. The molecule has 4 aromatic rings. The summed E-state index contributed by atoms with van der Waals surface area (Å²) < 4.78 is 2.37. The Labute approximate surface area is 210 Å². The van der Waals surface area contributed by atoms with E-state index in [2.05, 4.69) is 119 Å². The largest absolute Gasteiger partial charge is 4.00 e. The van der Waals surface area contributed by atoms with Crippen LogP contribution in [0.4, 0.5) is 0 Å². The fourth-order valence-electron chi connectivity index (χ4n) is 2.69. The van der Waals surface area contributed by atoms with Gasteiger partial charge in [-0.15, -0.1) is 69.1 Å². The molecule has 28 heavy (non-hydrogen) atoms. The summed E-state index contributed by atoms with van der Waals surface area (Å²) in [6.07, 6.45) is 0. The number of rotatable bonds is 0. The maximum Gasteiger partial charge on any atom is 4.00 e. The molecule has 0 amide bonds. The van der Waals surface area contributed by atoms with Crippen molar-refractivity contribution in [3.8, 4) is 0 Å². The van der Waals surface area contributed by atoms with E-state index in [4.69, 9.17) is 0 Å². The van der Waals surface area contributed by atoms with Gasteiger partial charge in [-0.25, -0.2) is 0 Å². The second kappa shape index (κ2) is 14.7. The number of hydrogen-bond acceptors (Lipinski definition) is 0. The first-order valence-corrected chi connectivity index (χ1v) is 11.8. The fourth-order valence-corrected chi connectivity index (χ4v) is 3.68. The van der Waals surface area contributed by atoms with Crippen LogP contribution in [0.3, 0.4) is 0 Å². The molecule has 0 saturated carbocycles. The topological polar surface area (TPSA) is 0 Å². The van der Waals surface area contributed by atoms with Crippen molar-refractivity contribution >= 4 is 62.9 Å². The molecule has 2 radical (unpaired) electrons. The van der Waals surface area contributed by atoms with E-state index in [1.165, 1.54) is 41.6 Å². The van der Waals surface area contributed by atoms with Crippen LogP contribution in [-0.2, 0) is 26.2 Å². The normalized spacial score (nSPS) is 9.07. The van der Waals surface area contributed by atoms with Gasteiger partial charge in [0.05, 0.1) is 0 Å². The van der Waals surface area contributed by atoms with Crippen LogP contribution >= 0.6 is 31.9 Å². The van der Waals surface area contributed by atoms with E-state index < -0.39 is 0 Å². The molecule has 0 fully saturated rings. The molecule has 0 bridgehead atoms. The molecule has 4 heteroatoms. The molecular formula is C24H28Br2SiZr. The fraction of sp³-hybridized carbons (Fsp3) is 0.167. The van der Waals surface area contributed by atoms with Gasteiger partial charge in [0.15, 0.2) is 0 Å². The molecule has 0 aromatic heterocycles. The van der Waals surface area contributed by atoms with Gasteiger partial charge in [-0.3, -0.25) is 0 Å². The predicted octanol–water partition coefficient (Wildman–Crippen LogP) is 8.94. The second-order valence-corrected chi connectivity index (χ2v) is 8.76. The van der Waals surface area contributed by atoms with E-state index in [1.807, 2.05) is 0 Å². The van der Waals surface area contributed by atoms with Gasteiger partial charge in [-0.1, -0.05) is 70.9 Å². The third-order valence-electron chi connectivity index (χ3n) is 3.68. The van der Waals surface area contributed by atoms with Gasteiger partial charge in [-0.2, -0.15) is 12.1 Å². The summed E-state index contributed by atoms with van der Waals surface area (Å²) in [7, 11) is 1.08. The Kier molecular flexibility index (Phi) is 15.7. The molecule has 0 heterocycles. The Morgan fingerprint density at radius 3 is 1.32 bits per heavy atom. The number of benzene rings is 2. The van der Waals surface area contributed by atoms with Gasteiger partial charge in [-0.05, 0) is 8.95 Å². The quantitative estimate of drug-likeness (QED) is 0.141.